The van der Waals surface area contributed by atoms with Crippen molar-refractivity contribution < 1.29 is 18.8 Å². The smallest absolute Gasteiger partial charge is 0.238 e. The normalized spacial score (nSPS) is 19.1. The van der Waals surface area contributed by atoms with E-state index in [2.05, 4.69) is 24.6 Å². The Labute approximate surface area is 174 Å². The summed E-state index contributed by atoms with van der Waals surface area (Å²) in [6, 6.07) is 7.25. The van der Waals surface area contributed by atoms with Gasteiger partial charge in [-0.25, -0.2) is 19.2 Å². The summed E-state index contributed by atoms with van der Waals surface area (Å²) in [4.78, 5) is 13.0. The molecule has 3 aromatic rings. The van der Waals surface area contributed by atoms with Gasteiger partial charge in [0.2, 0.25) is 5.88 Å². The lowest BCUT2D eigenvalue weighted by atomic mass is 10.1. The van der Waals surface area contributed by atoms with Crippen molar-refractivity contribution >= 4 is 37.8 Å². The lowest BCUT2D eigenvalue weighted by Crippen LogP contribution is -2.30. The van der Waals surface area contributed by atoms with Gasteiger partial charge in [-0.1, -0.05) is 0 Å². The second-order valence-electron chi connectivity index (χ2n) is 7.39. The number of benzene rings is 1. The zero-order chi connectivity index (χ0) is 21.3. The fourth-order valence-corrected chi connectivity index (χ4v) is 3.87. The van der Waals surface area contributed by atoms with Crippen LogP contribution in [0.25, 0.3) is 10.9 Å². The van der Waals surface area contributed by atoms with Gasteiger partial charge in [0, 0.05) is 33.8 Å². The zero-order valence-corrected chi connectivity index (χ0v) is 17.7. The number of fused-ring (bicyclic) bond motifs is 1. The predicted molar refractivity (Wildman–Crippen MR) is 115 cm³/mol. The van der Waals surface area contributed by atoms with Crippen molar-refractivity contribution in [3.63, 3.8) is 0 Å². The van der Waals surface area contributed by atoms with Gasteiger partial charge in [-0.2, -0.15) is 4.36 Å². The highest BCUT2D eigenvalue weighted by molar-refractivity contribution is 7.92. The van der Waals surface area contributed by atoms with Gasteiger partial charge in [0.15, 0.2) is 6.10 Å². The number of aliphatic hydroxyl groups is 1. The number of hydrogen-bond donors (Lipinski definition) is 2. The van der Waals surface area contributed by atoms with Crippen LogP contribution in [-0.4, -0.2) is 62.2 Å². The Hall–Kier alpha value is -2.82. The molecule has 10 heteroatoms. The molecule has 0 amide bonds. The largest absolute Gasteiger partial charge is 0.468 e. The first-order valence-corrected chi connectivity index (χ1v) is 11.7. The maximum Gasteiger partial charge on any atom is 0.238 e. The summed E-state index contributed by atoms with van der Waals surface area (Å²) in [5.74, 6) is 0.929. The molecule has 0 saturated carbocycles. The molecule has 1 aromatic carbocycles. The number of ether oxygens (including phenoxy) is 2. The molecular weight excluding hydrogens is 406 g/mol. The SMILES string of the molecule is Cc1cc(N=S(C)(C)=O)cc2ncnc(Nc3cccnc3O[C@@H]3COC[C@@H]3O)c12. The van der Waals surface area contributed by atoms with Gasteiger partial charge in [-0.3, -0.25) is 0 Å². The summed E-state index contributed by atoms with van der Waals surface area (Å²) in [7, 11) is -2.28. The molecule has 30 heavy (non-hydrogen) atoms. The van der Waals surface area contributed by atoms with Crippen molar-refractivity contribution in [3.8, 4) is 5.88 Å². The van der Waals surface area contributed by atoms with Crippen LogP contribution in [0.1, 0.15) is 5.56 Å². The van der Waals surface area contributed by atoms with Crippen LogP contribution < -0.4 is 10.1 Å². The van der Waals surface area contributed by atoms with Crippen molar-refractivity contribution in [1.29, 1.82) is 0 Å². The zero-order valence-electron chi connectivity index (χ0n) is 16.9. The highest BCUT2D eigenvalue weighted by Gasteiger charge is 2.29. The summed E-state index contributed by atoms with van der Waals surface area (Å²) in [5.41, 5.74) is 2.79. The van der Waals surface area contributed by atoms with Gasteiger partial charge in [-0.15, -0.1) is 0 Å². The standard InChI is InChI=1S/C20H23N5O4S/c1-12-7-13(25-30(2,3)27)8-15-18(12)19(23-11-22-15)24-14-5-4-6-21-20(14)29-17-10-28-9-16(17)26/h4-8,11,16-17,26H,9-10H2,1-3H3,(H,22,23,24)/t16-,17+/m0/s1. The third-order valence-corrected chi connectivity index (χ3v) is 5.18. The van der Waals surface area contributed by atoms with Crippen LogP contribution in [0.3, 0.4) is 0 Å². The molecule has 1 saturated heterocycles. The van der Waals surface area contributed by atoms with Gasteiger partial charge in [0.25, 0.3) is 0 Å². The third-order valence-electron chi connectivity index (χ3n) is 4.53. The highest BCUT2D eigenvalue weighted by atomic mass is 32.2. The molecule has 0 radical (unpaired) electrons. The van der Waals surface area contributed by atoms with Crippen LogP contribution in [0.15, 0.2) is 41.2 Å². The van der Waals surface area contributed by atoms with Crippen molar-refractivity contribution in [1.82, 2.24) is 15.0 Å². The van der Waals surface area contributed by atoms with Gasteiger partial charge in [0.05, 0.1) is 24.4 Å². The topological polar surface area (TPSA) is 119 Å². The summed E-state index contributed by atoms with van der Waals surface area (Å²) < 4.78 is 27.4. The molecule has 2 atom stereocenters. The van der Waals surface area contributed by atoms with E-state index in [1.54, 1.807) is 30.8 Å². The highest BCUT2D eigenvalue weighted by Crippen LogP contribution is 2.33. The number of aryl methyl sites for hydroxylation is 1. The summed E-state index contributed by atoms with van der Waals surface area (Å²) in [5, 5.41) is 14.0. The first-order valence-electron chi connectivity index (χ1n) is 9.37. The van der Waals surface area contributed by atoms with Crippen LogP contribution >= 0.6 is 0 Å². The Kier molecular flexibility index (Phi) is 5.54. The minimum Gasteiger partial charge on any atom is -0.468 e. The van der Waals surface area contributed by atoms with Crippen molar-refractivity contribution in [2.24, 2.45) is 4.36 Å². The number of aliphatic hydroxyl groups excluding tert-OH is 1. The Morgan fingerprint density at radius 3 is 2.83 bits per heavy atom. The van der Waals surface area contributed by atoms with Crippen LogP contribution in [0.2, 0.25) is 0 Å². The van der Waals surface area contributed by atoms with Crippen molar-refractivity contribution in [2.45, 2.75) is 19.1 Å². The second-order valence-corrected chi connectivity index (χ2v) is 9.94. The van der Waals surface area contributed by atoms with E-state index in [9.17, 15) is 9.32 Å². The van der Waals surface area contributed by atoms with Crippen molar-refractivity contribution in [3.05, 3.63) is 42.4 Å². The number of nitrogens with one attached hydrogen (secondary N) is 1. The number of anilines is 2. The molecule has 0 spiro atoms. The average molecular weight is 430 g/mol. The molecule has 1 fully saturated rings. The van der Waals surface area contributed by atoms with E-state index >= 15 is 0 Å². The van der Waals surface area contributed by atoms with Gasteiger partial charge >= 0.3 is 0 Å². The fourth-order valence-electron chi connectivity index (χ4n) is 3.26. The van der Waals surface area contributed by atoms with E-state index in [4.69, 9.17) is 9.47 Å². The molecule has 0 unspecified atom stereocenters. The molecule has 9 nitrogen and oxygen atoms in total. The average Bonchev–Trinajstić information content (AvgIpc) is 3.06. The molecule has 2 aromatic heterocycles. The quantitative estimate of drug-likeness (QED) is 0.635. The molecule has 4 rings (SSSR count). The fraction of sp³-hybridized carbons (Fsp3) is 0.350. The predicted octanol–water partition coefficient (Wildman–Crippen LogP) is 2.57. The number of aromatic nitrogens is 3. The van der Waals surface area contributed by atoms with Crippen LogP contribution in [-0.2, 0) is 14.5 Å². The van der Waals surface area contributed by atoms with Crippen LogP contribution in [0.5, 0.6) is 5.88 Å². The van der Waals surface area contributed by atoms with Crippen molar-refractivity contribution in [2.75, 3.05) is 31.0 Å². The molecule has 0 bridgehead atoms. The Balaban J connectivity index is 1.71. The summed E-state index contributed by atoms with van der Waals surface area (Å²) >= 11 is 0. The monoisotopic (exact) mass is 429 g/mol. The first kappa shape index (κ1) is 20.5. The van der Waals surface area contributed by atoms with E-state index in [1.165, 1.54) is 6.33 Å². The second kappa shape index (κ2) is 8.13. The number of nitrogens with zero attached hydrogens (tertiary/aromatic N) is 4. The van der Waals surface area contributed by atoms with E-state index in [0.29, 0.717) is 35.2 Å². The minimum atomic E-state index is -2.28. The maximum atomic E-state index is 12.1. The molecule has 1 aliphatic rings. The lowest BCUT2D eigenvalue weighted by molar-refractivity contribution is 0.0709. The molecule has 158 valence electrons. The van der Waals surface area contributed by atoms with E-state index in [0.717, 1.165) is 10.9 Å². The molecular formula is C20H23N5O4S. The molecule has 1 aliphatic heterocycles. The van der Waals surface area contributed by atoms with Crippen LogP contribution in [0, 0.1) is 6.92 Å². The third kappa shape index (κ3) is 4.50. The Bertz CT molecular complexity index is 1200. The molecule has 0 aliphatic carbocycles. The lowest BCUT2D eigenvalue weighted by Gasteiger charge is -2.18. The van der Waals surface area contributed by atoms with E-state index in [1.807, 2.05) is 19.1 Å². The summed E-state index contributed by atoms with van der Waals surface area (Å²) in [6.45, 7) is 2.47. The molecule has 3 heterocycles. The van der Waals surface area contributed by atoms with Gasteiger partial charge in [-0.05, 0) is 36.8 Å². The number of pyridine rings is 1. The van der Waals surface area contributed by atoms with E-state index in [-0.39, 0.29) is 6.61 Å². The number of hydrogen-bond acceptors (Lipinski definition) is 9. The molecule has 2 N–H and O–H groups in total. The van der Waals surface area contributed by atoms with E-state index < -0.39 is 21.9 Å². The Morgan fingerprint density at radius 2 is 2.10 bits per heavy atom. The van der Waals surface area contributed by atoms with Crippen LogP contribution in [0.4, 0.5) is 17.2 Å². The van der Waals surface area contributed by atoms with Gasteiger partial charge < -0.3 is 19.9 Å². The first-order chi connectivity index (χ1) is 14.3. The maximum absolute atomic E-state index is 12.1. The number of rotatable bonds is 5. The minimum absolute atomic E-state index is 0.241. The summed E-state index contributed by atoms with van der Waals surface area (Å²) in [6.07, 6.45) is 5.08. The van der Waals surface area contributed by atoms with Gasteiger partial charge in [0.1, 0.15) is 23.9 Å². The Morgan fingerprint density at radius 1 is 1.27 bits per heavy atom.